The lowest BCUT2D eigenvalue weighted by atomic mass is 9.78. The third kappa shape index (κ3) is 7.89. The summed E-state index contributed by atoms with van der Waals surface area (Å²) in [5.41, 5.74) is 0.448. The average molecular weight is 448 g/mol. The smallest absolute Gasteiger partial charge is 0.309 e. The third-order valence-electron chi connectivity index (χ3n) is 6.64. The fourth-order valence-electron chi connectivity index (χ4n) is 4.79. The second kappa shape index (κ2) is 12.9. The van der Waals surface area contributed by atoms with E-state index in [1.54, 1.807) is 21.0 Å². The van der Waals surface area contributed by atoms with Crippen LogP contribution < -0.4 is 0 Å². The molecule has 1 aliphatic heterocycles. The topological polar surface area (TPSA) is 76.1 Å². The Morgan fingerprint density at radius 3 is 2.47 bits per heavy atom. The van der Waals surface area contributed by atoms with E-state index in [4.69, 9.17) is 9.47 Å². The van der Waals surface area contributed by atoms with Gasteiger partial charge in [0.25, 0.3) is 0 Å². The van der Waals surface area contributed by atoms with Gasteiger partial charge in [0.1, 0.15) is 0 Å². The van der Waals surface area contributed by atoms with Gasteiger partial charge in [0, 0.05) is 32.7 Å². The Bertz CT molecular complexity index is 705. The maximum atomic E-state index is 12.7. The monoisotopic (exact) mass is 447 g/mol. The molecule has 1 N–H and O–H groups in total. The third-order valence-corrected chi connectivity index (χ3v) is 6.64. The zero-order chi connectivity index (χ0) is 23.6. The molecule has 180 valence electrons. The fraction of sp³-hybridized carbons (Fsp3) is 0.692. The molecule has 0 spiro atoms. The molecule has 1 aromatic rings. The first-order valence-electron chi connectivity index (χ1n) is 11.9. The van der Waals surface area contributed by atoms with Crippen molar-refractivity contribution in [1.82, 2.24) is 4.90 Å². The van der Waals surface area contributed by atoms with Crippen LogP contribution in [0.25, 0.3) is 0 Å². The van der Waals surface area contributed by atoms with E-state index in [1.165, 1.54) is 5.56 Å². The van der Waals surface area contributed by atoms with Crippen molar-refractivity contribution >= 4 is 11.9 Å². The van der Waals surface area contributed by atoms with Gasteiger partial charge < -0.3 is 19.5 Å². The molecule has 1 fully saturated rings. The molecule has 0 aromatic heterocycles. The minimum absolute atomic E-state index is 0.0460. The summed E-state index contributed by atoms with van der Waals surface area (Å²) in [6.07, 6.45) is 4.64. The van der Waals surface area contributed by atoms with Crippen molar-refractivity contribution in [2.75, 3.05) is 33.5 Å². The Labute approximate surface area is 193 Å². The number of methoxy groups -OCH3 is 1. The first kappa shape index (κ1) is 26.3. The molecule has 3 unspecified atom stereocenters. The van der Waals surface area contributed by atoms with Gasteiger partial charge >= 0.3 is 5.97 Å². The lowest BCUT2D eigenvalue weighted by Gasteiger charge is -2.35. The minimum Gasteiger partial charge on any atom is -0.481 e. The van der Waals surface area contributed by atoms with Crippen molar-refractivity contribution < 1.29 is 24.2 Å². The number of ether oxygens (including phenoxy) is 2. The Morgan fingerprint density at radius 2 is 1.91 bits per heavy atom. The van der Waals surface area contributed by atoms with Crippen LogP contribution in [0.5, 0.6) is 0 Å². The van der Waals surface area contributed by atoms with Gasteiger partial charge in [-0.25, -0.2) is 0 Å². The molecule has 1 saturated heterocycles. The standard InChI is InChI=1S/C26H41NO5/c1-5-21(22-10-7-6-8-11-22)17-23(27-13-9-12-24(27)28)16-20(19-32-15-14-31-4)18-26(2,3)25(29)30/h6-8,10-11,20-21,23H,5,9,12-19H2,1-4H3,(H,29,30). The van der Waals surface area contributed by atoms with Gasteiger partial charge in [-0.3, -0.25) is 9.59 Å². The van der Waals surface area contributed by atoms with Crippen molar-refractivity contribution in [1.29, 1.82) is 0 Å². The lowest BCUT2D eigenvalue weighted by Crippen LogP contribution is -2.40. The van der Waals surface area contributed by atoms with Gasteiger partial charge in [0.15, 0.2) is 0 Å². The Morgan fingerprint density at radius 1 is 1.19 bits per heavy atom. The van der Waals surface area contributed by atoms with Crippen LogP contribution >= 0.6 is 0 Å². The summed E-state index contributed by atoms with van der Waals surface area (Å²) < 4.78 is 10.9. The van der Waals surface area contributed by atoms with Gasteiger partial charge in [-0.15, -0.1) is 0 Å². The van der Waals surface area contributed by atoms with E-state index in [0.29, 0.717) is 38.6 Å². The average Bonchev–Trinajstić information content (AvgIpc) is 3.20. The van der Waals surface area contributed by atoms with Crippen LogP contribution in [0.15, 0.2) is 30.3 Å². The highest BCUT2D eigenvalue weighted by Crippen LogP contribution is 2.35. The molecule has 0 bridgehead atoms. The molecule has 0 saturated carbocycles. The quantitative estimate of drug-likeness (QED) is 0.393. The summed E-state index contributed by atoms with van der Waals surface area (Å²) >= 11 is 0. The zero-order valence-electron chi connectivity index (χ0n) is 20.2. The Balaban J connectivity index is 2.21. The van der Waals surface area contributed by atoms with Gasteiger partial charge in [-0.1, -0.05) is 37.3 Å². The molecule has 0 aliphatic carbocycles. The van der Waals surface area contributed by atoms with Crippen LogP contribution in [0, 0.1) is 11.3 Å². The highest BCUT2D eigenvalue weighted by atomic mass is 16.5. The molecule has 1 aliphatic rings. The molecule has 1 heterocycles. The number of carboxylic acids is 1. The van der Waals surface area contributed by atoms with Crippen molar-refractivity contribution in [3.8, 4) is 0 Å². The summed E-state index contributed by atoms with van der Waals surface area (Å²) in [6.45, 7) is 7.98. The molecular weight excluding hydrogens is 406 g/mol. The molecule has 0 radical (unpaired) electrons. The number of hydrogen-bond acceptors (Lipinski definition) is 4. The van der Waals surface area contributed by atoms with Crippen LogP contribution in [-0.4, -0.2) is 61.4 Å². The zero-order valence-corrected chi connectivity index (χ0v) is 20.2. The van der Waals surface area contributed by atoms with Crippen LogP contribution in [0.2, 0.25) is 0 Å². The number of likely N-dealkylation sites (tertiary alicyclic amines) is 1. The number of amides is 1. The van der Waals surface area contributed by atoms with E-state index in [2.05, 4.69) is 31.2 Å². The van der Waals surface area contributed by atoms with Crippen molar-refractivity contribution in [3.05, 3.63) is 35.9 Å². The van der Waals surface area contributed by atoms with E-state index in [1.807, 2.05) is 11.0 Å². The predicted molar refractivity (Wildman–Crippen MR) is 126 cm³/mol. The number of carbonyl (C=O) groups excluding carboxylic acids is 1. The van der Waals surface area contributed by atoms with Crippen LogP contribution in [-0.2, 0) is 19.1 Å². The minimum atomic E-state index is -0.849. The van der Waals surface area contributed by atoms with Crippen molar-refractivity contribution in [3.63, 3.8) is 0 Å². The van der Waals surface area contributed by atoms with E-state index in [9.17, 15) is 14.7 Å². The fourth-order valence-corrected chi connectivity index (χ4v) is 4.79. The first-order valence-corrected chi connectivity index (χ1v) is 11.9. The maximum absolute atomic E-state index is 12.7. The number of carbonyl (C=O) groups is 2. The molecule has 1 amide bonds. The van der Waals surface area contributed by atoms with Gasteiger partial charge in [-0.05, 0) is 63.4 Å². The Hall–Kier alpha value is -1.92. The van der Waals surface area contributed by atoms with Gasteiger partial charge in [-0.2, -0.15) is 0 Å². The van der Waals surface area contributed by atoms with Crippen molar-refractivity contribution in [2.24, 2.45) is 11.3 Å². The molecule has 1 aromatic carbocycles. The largest absolute Gasteiger partial charge is 0.481 e. The van der Waals surface area contributed by atoms with Crippen LogP contribution in [0.1, 0.15) is 70.8 Å². The summed E-state index contributed by atoms with van der Waals surface area (Å²) in [4.78, 5) is 26.5. The lowest BCUT2D eigenvalue weighted by molar-refractivity contribution is -0.148. The second-order valence-electron chi connectivity index (χ2n) is 9.66. The molecule has 6 heteroatoms. The molecule has 6 nitrogen and oxygen atoms in total. The Kier molecular flexibility index (Phi) is 10.7. The summed E-state index contributed by atoms with van der Waals surface area (Å²) in [5, 5.41) is 9.69. The summed E-state index contributed by atoms with van der Waals surface area (Å²) in [6, 6.07) is 10.6. The molecule has 32 heavy (non-hydrogen) atoms. The highest BCUT2D eigenvalue weighted by molar-refractivity contribution is 5.78. The molecule has 3 atom stereocenters. The first-order chi connectivity index (χ1) is 15.3. The SMILES string of the molecule is CCC(CC(CC(COCCOC)CC(C)(C)C(=O)O)N1CCCC1=O)c1ccccc1. The number of rotatable bonds is 15. The highest BCUT2D eigenvalue weighted by Gasteiger charge is 2.35. The molecule has 2 rings (SSSR count). The van der Waals surface area contributed by atoms with E-state index in [0.717, 1.165) is 32.2 Å². The number of aliphatic carboxylic acids is 1. The van der Waals surface area contributed by atoms with Crippen LogP contribution in [0.4, 0.5) is 0 Å². The second-order valence-corrected chi connectivity index (χ2v) is 9.66. The maximum Gasteiger partial charge on any atom is 0.309 e. The summed E-state index contributed by atoms with van der Waals surface area (Å²) in [5.74, 6) is -0.180. The number of hydrogen-bond donors (Lipinski definition) is 1. The number of benzene rings is 1. The predicted octanol–water partition coefficient (Wildman–Crippen LogP) is 4.73. The number of carboxylic acid groups (broad SMARTS) is 1. The van der Waals surface area contributed by atoms with Gasteiger partial charge in [0.05, 0.1) is 18.6 Å². The van der Waals surface area contributed by atoms with E-state index in [-0.39, 0.29) is 17.9 Å². The van der Waals surface area contributed by atoms with Crippen molar-refractivity contribution in [2.45, 2.75) is 71.3 Å². The summed E-state index contributed by atoms with van der Waals surface area (Å²) in [7, 11) is 1.64. The van der Waals surface area contributed by atoms with Crippen LogP contribution in [0.3, 0.4) is 0 Å². The molecular formula is C26H41NO5. The van der Waals surface area contributed by atoms with E-state index < -0.39 is 11.4 Å². The van der Waals surface area contributed by atoms with E-state index >= 15 is 0 Å². The normalized spacial score (nSPS) is 17.4. The number of nitrogens with zero attached hydrogens (tertiary/aromatic N) is 1. The van der Waals surface area contributed by atoms with Gasteiger partial charge in [0.2, 0.25) is 5.91 Å².